The number of carbonyl (C=O) groups is 4. The van der Waals surface area contributed by atoms with E-state index in [1.807, 2.05) is 28.2 Å². The number of alkyl carbamates (subject to hydrolysis) is 2. The van der Waals surface area contributed by atoms with Crippen LogP contribution in [0.5, 0.6) is 0 Å². The predicted octanol–water partition coefficient (Wildman–Crippen LogP) is 6.03. The molecule has 2 aromatic heterocycles. The number of hydrogen-bond donors (Lipinski definition) is 5. The van der Waals surface area contributed by atoms with E-state index in [4.69, 9.17) is 9.47 Å². The molecule has 422 valence electrons. The van der Waals surface area contributed by atoms with Gasteiger partial charge in [0, 0.05) is 74.8 Å². The topological polar surface area (TPSA) is 200 Å². The summed E-state index contributed by atoms with van der Waals surface area (Å²) < 4.78 is 147. The zero-order chi connectivity index (χ0) is 57.3. The normalized spacial score (nSPS) is 16.1. The Morgan fingerprint density at radius 3 is 1.94 bits per heavy atom. The van der Waals surface area contributed by atoms with Gasteiger partial charge in [-0.15, -0.1) is 0 Å². The second-order valence-corrected chi connectivity index (χ2v) is 19.6. The van der Waals surface area contributed by atoms with Gasteiger partial charge in [-0.2, -0.15) is 26.3 Å². The van der Waals surface area contributed by atoms with Crippen molar-refractivity contribution in [1.82, 2.24) is 41.3 Å². The maximum Gasteiger partial charge on any atom is 0.407 e. The number of hydrazine groups is 1. The number of rotatable bonds is 18. The quantitative estimate of drug-likeness (QED) is 0.0440. The summed E-state index contributed by atoms with van der Waals surface area (Å²) in [5, 5.41) is 18.7. The number of aromatic nitrogens is 2. The van der Waals surface area contributed by atoms with Crippen LogP contribution in [-0.2, 0) is 36.8 Å². The highest BCUT2D eigenvalue weighted by Gasteiger charge is 2.58. The molecule has 2 aliphatic heterocycles. The van der Waals surface area contributed by atoms with E-state index in [1.165, 1.54) is 12.1 Å². The third-order valence-corrected chi connectivity index (χ3v) is 13.5. The third-order valence-electron chi connectivity index (χ3n) is 13.5. The van der Waals surface area contributed by atoms with Crippen molar-refractivity contribution in [2.24, 2.45) is 10.8 Å². The SMILES string of the molecule is CNC(=O)O[C@H](C(=O)NN(Cc1c(F)cc(-c2ccc(F)cn2)cc1F)C[C@H](O)[C@H](Cc1ccc(C#Cc2ccc(N3CCN(C4COC4)CC3)nc2)cc1)NC(=O)[C@@H](NC(=O)OC)C(C)(C)C(F)(F)F)C(C)(C)C(F)(F)F. The predicted molar refractivity (Wildman–Crippen MR) is 263 cm³/mol. The molecule has 78 heavy (non-hydrogen) atoms. The van der Waals surface area contributed by atoms with Crippen molar-refractivity contribution < 1.29 is 78.0 Å². The first kappa shape index (κ1) is 60.0. The third kappa shape index (κ3) is 14.9. The molecule has 2 saturated heterocycles. The van der Waals surface area contributed by atoms with Crippen LogP contribution >= 0.6 is 0 Å². The fraction of sp³-hybridized carbons (Fsp3) is 0.462. The molecule has 5 N–H and O–H groups in total. The summed E-state index contributed by atoms with van der Waals surface area (Å²) >= 11 is 0. The Kier molecular flexibility index (Phi) is 19.3. The molecule has 2 fully saturated rings. The van der Waals surface area contributed by atoms with E-state index in [1.54, 1.807) is 18.3 Å². The molecule has 4 aromatic rings. The number of halogens is 9. The summed E-state index contributed by atoms with van der Waals surface area (Å²) in [7, 11) is 1.82. The van der Waals surface area contributed by atoms with Gasteiger partial charge in [0.15, 0.2) is 6.10 Å². The molecular weight excluding hydrogens is 1050 g/mol. The van der Waals surface area contributed by atoms with Crippen molar-refractivity contribution in [3.63, 3.8) is 0 Å². The Balaban J connectivity index is 1.32. The van der Waals surface area contributed by atoms with Crippen molar-refractivity contribution in [2.45, 2.75) is 83.3 Å². The van der Waals surface area contributed by atoms with Gasteiger partial charge in [0.05, 0.1) is 55.8 Å². The molecule has 4 heterocycles. The van der Waals surface area contributed by atoms with Crippen LogP contribution in [0.25, 0.3) is 11.3 Å². The number of benzene rings is 2. The fourth-order valence-electron chi connectivity index (χ4n) is 8.18. The molecule has 2 aliphatic rings. The van der Waals surface area contributed by atoms with Crippen molar-refractivity contribution >= 4 is 29.8 Å². The highest BCUT2D eigenvalue weighted by molar-refractivity contribution is 5.87. The second-order valence-electron chi connectivity index (χ2n) is 19.6. The minimum absolute atomic E-state index is 0.0833. The monoisotopic (exact) mass is 1110 g/mol. The molecule has 0 aliphatic carbocycles. The standard InChI is InChI=1S/C52H58F9N9O8/c1-49(2,51(56,57)58)43(66-48(75)76-6)45(72)65-40(21-31-10-7-30(8-11-31)9-12-32-13-16-42(64-24-32)69-19-17-68(18-20-69)35-28-77-29-35)41(71)27-70(67-46(73)44(78-47(74)62-5)50(3,4)52(59,60)61)26-36-37(54)22-33(23-38(36)55)39-15-14-34(53)25-63-39/h7-8,10-11,13-16,22-25,35,40-41,43-44,71H,17-21,26-29H2,1-6H3,(H,62,74)(H,65,72)(H,66,75)(H,67,73)/t40-,41-,43+,44+/m0/s1. The number of pyridine rings is 2. The summed E-state index contributed by atoms with van der Waals surface area (Å²) in [6, 6.07) is 9.65. The number of piperazine rings is 1. The summed E-state index contributed by atoms with van der Waals surface area (Å²) in [5.74, 6) is 0.115. The number of methoxy groups -OCH3 is 1. The molecular formula is C52H58F9N9O8. The van der Waals surface area contributed by atoms with Crippen molar-refractivity contribution in [1.29, 1.82) is 0 Å². The lowest BCUT2D eigenvalue weighted by Gasteiger charge is -2.42. The van der Waals surface area contributed by atoms with Gasteiger partial charge < -0.3 is 40.2 Å². The number of nitrogens with one attached hydrogen (secondary N) is 4. The van der Waals surface area contributed by atoms with Crippen LogP contribution in [0.4, 0.5) is 54.9 Å². The first-order valence-corrected chi connectivity index (χ1v) is 24.3. The highest BCUT2D eigenvalue weighted by atomic mass is 19.4. The van der Waals surface area contributed by atoms with Crippen LogP contribution in [0.1, 0.15) is 49.9 Å². The Hall–Kier alpha value is -7.21. The number of aliphatic hydroxyl groups excluding tert-OH is 1. The van der Waals surface area contributed by atoms with Crippen molar-refractivity contribution in [2.75, 3.05) is 65.0 Å². The first-order chi connectivity index (χ1) is 36.6. The Morgan fingerprint density at radius 2 is 1.41 bits per heavy atom. The van der Waals surface area contributed by atoms with Crippen LogP contribution in [0.2, 0.25) is 0 Å². The number of nitrogens with zero attached hydrogens (tertiary/aromatic N) is 5. The molecule has 0 bridgehead atoms. The number of alkyl halides is 6. The first-order valence-electron chi connectivity index (χ1n) is 24.3. The van der Waals surface area contributed by atoms with Crippen LogP contribution in [0.3, 0.4) is 0 Å². The lowest BCUT2D eigenvalue weighted by Crippen LogP contribution is -2.62. The van der Waals surface area contributed by atoms with Crippen LogP contribution in [0, 0.1) is 40.1 Å². The number of aliphatic hydroxyl groups is 1. The van der Waals surface area contributed by atoms with E-state index in [0.717, 1.165) is 89.8 Å². The van der Waals surface area contributed by atoms with Crippen molar-refractivity contribution in [3.05, 3.63) is 113 Å². The zero-order valence-corrected chi connectivity index (χ0v) is 43.1. The van der Waals surface area contributed by atoms with Gasteiger partial charge in [-0.3, -0.25) is 24.9 Å². The molecule has 17 nitrogen and oxygen atoms in total. The second kappa shape index (κ2) is 25.1. The molecule has 0 spiro atoms. The van der Waals surface area contributed by atoms with Crippen LogP contribution in [-0.4, -0.2) is 152 Å². The average molecular weight is 1110 g/mol. The van der Waals surface area contributed by atoms with Gasteiger partial charge in [-0.05, 0) is 88.2 Å². The van der Waals surface area contributed by atoms with Crippen molar-refractivity contribution in [3.8, 4) is 23.1 Å². The van der Waals surface area contributed by atoms with Gasteiger partial charge in [0.2, 0.25) is 5.91 Å². The van der Waals surface area contributed by atoms with E-state index >= 15 is 8.78 Å². The largest absolute Gasteiger partial charge is 0.453 e. The van der Waals surface area contributed by atoms with Crippen LogP contribution < -0.4 is 26.3 Å². The summed E-state index contributed by atoms with van der Waals surface area (Å²) in [5.41, 5.74) is -3.97. The van der Waals surface area contributed by atoms with Gasteiger partial charge in [-0.1, -0.05) is 24.0 Å². The Morgan fingerprint density at radius 1 is 0.795 bits per heavy atom. The summed E-state index contributed by atoms with van der Waals surface area (Å²) in [4.78, 5) is 65.7. The van der Waals surface area contributed by atoms with E-state index < -0.39 is 114 Å². The lowest BCUT2D eigenvalue weighted by atomic mass is 9.82. The van der Waals surface area contributed by atoms with Gasteiger partial charge in [-0.25, -0.2) is 32.8 Å². The highest BCUT2D eigenvalue weighted by Crippen LogP contribution is 2.43. The minimum atomic E-state index is -5.24. The van der Waals surface area contributed by atoms with E-state index in [-0.39, 0.29) is 16.8 Å². The number of carbonyl (C=O) groups excluding carboxylic acids is 4. The summed E-state index contributed by atoms with van der Waals surface area (Å²) in [6.07, 6.45) is -16.2. The molecule has 4 amide bonds. The smallest absolute Gasteiger partial charge is 0.407 e. The van der Waals surface area contributed by atoms with Gasteiger partial charge in [0.1, 0.15) is 34.7 Å². The molecule has 0 radical (unpaired) electrons. The number of amides is 4. The summed E-state index contributed by atoms with van der Waals surface area (Å²) in [6.45, 7) is 4.87. The molecule has 0 unspecified atom stereocenters. The molecule has 6 rings (SSSR count). The van der Waals surface area contributed by atoms with Crippen LogP contribution in [0.15, 0.2) is 73.1 Å². The fourth-order valence-corrected chi connectivity index (χ4v) is 8.18. The maximum atomic E-state index is 16.0. The maximum absolute atomic E-state index is 16.0. The minimum Gasteiger partial charge on any atom is -0.453 e. The van der Waals surface area contributed by atoms with E-state index in [0.29, 0.717) is 49.9 Å². The van der Waals surface area contributed by atoms with Gasteiger partial charge >= 0.3 is 24.5 Å². The molecule has 0 saturated carbocycles. The Bertz CT molecular complexity index is 2780. The average Bonchev–Trinajstić information content (AvgIpc) is 3.36. The number of ether oxygens (including phenoxy) is 3. The zero-order valence-electron chi connectivity index (χ0n) is 43.1. The number of anilines is 1. The molecule has 26 heteroatoms. The lowest BCUT2D eigenvalue weighted by molar-refractivity contribution is -0.239. The van der Waals surface area contributed by atoms with E-state index in [2.05, 4.69) is 41.7 Å². The molecule has 4 atom stereocenters. The molecule has 2 aromatic carbocycles. The number of hydrogen-bond acceptors (Lipinski definition) is 13. The van der Waals surface area contributed by atoms with Gasteiger partial charge in [0.25, 0.3) is 5.91 Å². The Labute approximate surface area is 443 Å². The van der Waals surface area contributed by atoms with E-state index in [9.17, 15) is 55.0 Å².